The molecule has 4 N–H and O–H groups in total. The first-order valence-corrected chi connectivity index (χ1v) is 6.53. The molecule has 0 aromatic heterocycles. The van der Waals surface area contributed by atoms with Gasteiger partial charge in [-0.05, 0) is 42.3 Å². The number of amides is 1. The van der Waals surface area contributed by atoms with E-state index in [0.717, 1.165) is 11.1 Å². The highest BCUT2D eigenvalue weighted by Crippen LogP contribution is 2.27. The number of phenols is 1. The number of aryl methyl sites for hydroxylation is 1. The second-order valence-electron chi connectivity index (χ2n) is 4.71. The molecule has 2 aromatic carbocycles. The molecule has 0 aliphatic carbocycles. The van der Waals surface area contributed by atoms with Crippen LogP contribution in [0.15, 0.2) is 36.4 Å². The van der Waals surface area contributed by atoms with Gasteiger partial charge in [-0.25, -0.2) is 0 Å². The minimum Gasteiger partial charge on any atom is -0.507 e. The lowest BCUT2D eigenvalue weighted by Crippen LogP contribution is -2.13. The molecule has 0 heterocycles. The molecule has 0 fully saturated rings. The summed E-state index contributed by atoms with van der Waals surface area (Å²) in [5.41, 5.74) is 8.10. The van der Waals surface area contributed by atoms with Crippen LogP contribution in [0.25, 0.3) is 0 Å². The highest BCUT2D eigenvalue weighted by Gasteiger charge is 2.13. The first-order valence-electron chi connectivity index (χ1n) is 6.53. The Morgan fingerprint density at radius 1 is 1.29 bits per heavy atom. The van der Waals surface area contributed by atoms with E-state index in [-0.39, 0.29) is 11.3 Å². The maximum atomic E-state index is 12.2. The summed E-state index contributed by atoms with van der Waals surface area (Å²) in [6.45, 7) is 2.24. The van der Waals surface area contributed by atoms with E-state index in [1.165, 1.54) is 7.11 Å². The quantitative estimate of drug-likeness (QED) is 0.806. The standard InChI is InChI=1S/C16H18N2O3/c1-10-3-5-12(14(19)7-10)16(20)18-13-6-4-11(9-17)8-15(13)21-2/h3-8,19H,9,17H2,1-2H3,(H,18,20). The van der Waals surface area contributed by atoms with E-state index in [1.54, 1.807) is 30.3 Å². The van der Waals surface area contributed by atoms with Crippen molar-refractivity contribution in [1.29, 1.82) is 0 Å². The number of ether oxygens (including phenoxy) is 1. The molecule has 21 heavy (non-hydrogen) atoms. The van der Waals surface area contributed by atoms with Crippen molar-refractivity contribution in [3.8, 4) is 11.5 Å². The smallest absolute Gasteiger partial charge is 0.259 e. The summed E-state index contributed by atoms with van der Waals surface area (Å²) in [7, 11) is 1.52. The zero-order valence-corrected chi connectivity index (χ0v) is 12.0. The molecule has 0 aliphatic heterocycles. The van der Waals surface area contributed by atoms with E-state index in [4.69, 9.17) is 10.5 Å². The zero-order valence-electron chi connectivity index (χ0n) is 12.0. The average Bonchev–Trinajstić information content (AvgIpc) is 2.47. The minimum atomic E-state index is -0.397. The third kappa shape index (κ3) is 3.32. The van der Waals surface area contributed by atoms with Crippen molar-refractivity contribution in [3.05, 3.63) is 53.1 Å². The Bertz CT molecular complexity index is 669. The normalized spacial score (nSPS) is 10.2. The van der Waals surface area contributed by atoms with Gasteiger partial charge in [0.05, 0.1) is 18.4 Å². The molecule has 110 valence electrons. The molecule has 0 bridgehead atoms. The summed E-state index contributed by atoms with van der Waals surface area (Å²) in [6.07, 6.45) is 0. The van der Waals surface area contributed by atoms with Gasteiger partial charge in [0, 0.05) is 6.54 Å². The fourth-order valence-corrected chi connectivity index (χ4v) is 1.99. The molecule has 0 unspecified atom stereocenters. The topological polar surface area (TPSA) is 84.6 Å². The van der Waals surface area contributed by atoms with Crippen molar-refractivity contribution in [2.75, 3.05) is 12.4 Å². The van der Waals surface area contributed by atoms with Crippen LogP contribution in [0.5, 0.6) is 11.5 Å². The number of hydrogen-bond donors (Lipinski definition) is 3. The summed E-state index contributed by atoms with van der Waals surface area (Å²) in [5, 5.41) is 12.6. The molecule has 2 rings (SSSR count). The van der Waals surface area contributed by atoms with Crippen LogP contribution < -0.4 is 15.8 Å². The van der Waals surface area contributed by atoms with Gasteiger partial charge in [0.25, 0.3) is 5.91 Å². The Labute approximate surface area is 123 Å². The van der Waals surface area contributed by atoms with Gasteiger partial charge < -0.3 is 20.9 Å². The van der Waals surface area contributed by atoms with E-state index >= 15 is 0 Å². The average molecular weight is 286 g/mol. The summed E-state index contributed by atoms with van der Waals surface area (Å²) < 4.78 is 5.24. The van der Waals surface area contributed by atoms with Gasteiger partial charge in [-0.1, -0.05) is 12.1 Å². The predicted octanol–water partition coefficient (Wildman–Crippen LogP) is 2.42. The number of benzene rings is 2. The Kier molecular flexibility index (Phi) is 4.45. The molecular weight excluding hydrogens is 268 g/mol. The van der Waals surface area contributed by atoms with Gasteiger partial charge in [0.15, 0.2) is 0 Å². The number of anilines is 1. The number of aromatic hydroxyl groups is 1. The largest absolute Gasteiger partial charge is 0.507 e. The fraction of sp³-hybridized carbons (Fsp3) is 0.188. The zero-order chi connectivity index (χ0) is 15.4. The minimum absolute atomic E-state index is 0.0509. The number of rotatable bonds is 4. The van der Waals surface area contributed by atoms with Crippen LogP contribution in [-0.2, 0) is 6.54 Å². The number of carbonyl (C=O) groups is 1. The molecular formula is C16H18N2O3. The molecule has 0 aliphatic rings. The van der Waals surface area contributed by atoms with Crippen molar-refractivity contribution in [1.82, 2.24) is 0 Å². The Morgan fingerprint density at radius 2 is 2.05 bits per heavy atom. The Morgan fingerprint density at radius 3 is 2.67 bits per heavy atom. The first-order chi connectivity index (χ1) is 10.0. The Balaban J connectivity index is 2.27. The molecule has 0 saturated heterocycles. The van der Waals surface area contributed by atoms with E-state index in [1.807, 2.05) is 13.0 Å². The summed E-state index contributed by atoms with van der Waals surface area (Å²) in [6, 6.07) is 10.2. The van der Waals surface area contributed by atoms with Crippen molar-refractivity contribution in [3.63, 3.8) is 0 Å². The van der Waals surface area contributed by atoms with Gasteiger partial charge in [0.1, 0.15) is 11.5 Å². The van der Waals surface area contributed by atoms with Crippen LogP contribution in [0.2, 0.25) is 0 Å². The Hall–Kier alpha value is -2.53. The SMILES string of the molecule is COc1cc(CN)ccc1NC(=O)c1ccc(C)cc1O. The molecule has 1 amide bonds. The predicted molar refractivity (Wildman–Crippen MR) is 81.7 cm³/mol. The second-order valence-corrected chi connectivity index (χ2v) is 4.71. The van der Waals surface area contributed by atoms with Crippen molar-refractivity contribution < 1.29 is 14.6 Å². The van der Waals surface area contributed by atoms with Gasteiger partial charge in [0.2, 0.25) is 0 Å². The van der Waals surface area contributed by atoms with Gasteiger partial charge >= 0.3 is 0 Å². The highest BCUT2D eigenvalue weighted by atomic mass is 16.5. The van der Waals surface area contributed by atoms with Crippen LogP contribution in [-0.4, -0.2) is 18.1 Å². The highest BCUT2D eigenvalue weighted by molar-refractivity contribution is 6.06. The number of phenolic OH excluding ortho intramolecular Hbond substituents is 1. The van der Waals surface area contributed by atoms with Crippen LogP contribution in [0.1, 0.15) is 21.5 Å². The van der Waals surface area contributed by atoms with Gasteiger partial charge in [-0.2, -0.15) is 0 Å². The van der Waals surface area contributed by atoms with Crippen molar-refractivity contribution in [2.24, 2.45) is 5.73 Å². The third-order valence-corrected chi connectivity index (χ3v) is 3.15. The summed E-state index contributed by atoms with van der Waals surface area (Å²) in [4.78, 5) is 12.2. The lowest BCUT2D eigenvalue weighted by atomic mass is 10.1. The van der Waals surface area contributed by atoms with E-state index in [9.17, 15) is 9.90 Å². The number of methoxy groups -OCH3 is 1. The molecule has 2 aromatic rings. The van der Waals surface area contributed by atoms with Crippen molar-refractivity contribution >= 4 is 11.6 Å². The number of nitrogens with one attached hydrogen (secondary N) is 1. The molecule has 5 nitrogen and oxygen atoms in total. The first kappa shape index (κ1) is 14.9. The lowest BCUT2D eigenvalue weighted by Gasteiger charge is -2.12. The van der Waals surface area contributed by atoms with Crippen LogP contribution in [0.3, 0.4) is 0 Å². The van der Waals surface area contributed by atoms with E-state index in [0.29, 0.717) is 18.0 Å². The number of hydrogen-bond acceptors (Lipinski definition) is 4. The third-order valence-electron chi connectivity index (χ3n) is 3.15. The maximum absolute atomic E-state index is 12.2. The number of nitrogens with two attached hydrogens (primary N) is 1. The van der Waals surface area contributed by atoms with Gasteiger partial charge in [-0.3, -0.25) is 4.79 Å². The van der Waals surface area contributed by atoms with Crippen molar-refractivity contribution in [2.45, 2.75) is 13.5 Å². The number of carbonyl (C=O) groups excluding carboxylic acids is 1. The molecule has 0 radical (unpaired) electrons. The monoisotopic (exact) mass is 286 g/mol. The van der Waals surface area contributed by atoms with Crippen LogP contribution in [0.4, 0.5) is 5.69 Å². The molecule has 5 heteroatoms. The van der Waals surface area contributed by atoms with Crippen LogP contribution >= 0.6 is 0 Å². The molecule has 0 atom stereocenters. The lowest BCUT2D eigenvalue weighted by molar-refractivity contribution is 0.102. The summed E-state index contributed by atoms with van der Waals surface area (Å²) in [5.74, 6) is 0.0780. The fourth-order valence-electron chi connectivity index (χ4n) is 1.99. The summed E-state index contributed by atoms with van der Waals surface area (Å²) >= 11 is 0. The molecule has 0 spiro atoms. The van der Waals surface area contributed by atoms with E-state index in [2.05, 4.69) is 5.32 Å². The van der Waals surface area contributed by atoms with Gasteiger partial charge in [-0.15, -0.1) is 0 Å². The van der Waals surface area contributed by atoms with E-state index < -0.39 is 5.91 Å². The second kappa shape index (κ2) is 6.28. The maximum Gasteiger partial charge on any atom is 0.259 e. The van der Waals surface area contributed by atoms with Crippen LogP contribution in [0, 0.1) is 6.92 Å². The molecule has 0 saturated carbocycles.